The third-order valence-electron chi connectivity index (χ3n) is 2.67. The van der Waals surface area contributed by atoms with Gasteiger partial charge in [-0.15, -0.1) is 0 Å². The maximum atomic E-state index is 13.3. The van der Waals surface area contributed by atoms with Crippen LogP contribution in [0.3, 0.4) is 0 Å². The first-order valence-corrected chi connectivity index (χ1v) is 6.49. The van der Waals surface area contributed by atoms with Gasteiger partial charge in [0.15, 0.2) is 5.78 Å². The molecule has 0 N–H and O–H groups in total. The van der Waals surface area contributed by atoms with Crippen LogP contribution in [0.1, 0.15) is 21.5 Å². The summed E-state index contributed by atoms with van der Waals surface area (Å²) in [6.45, 7) is 1.56. The van der Waals surface area contributed by atoms with Crippen molar-refractivity contribution >= 4 is 40.6 Å². The molecular formula is C14H8Cl3FO. The highest BCUT2D eigenvalue weighted by Gasteiger charge is 2.18. The first-order valence-electron chi connectivity index (χ1n) is 5.35. The second-order valence-electron chi connectivity index (χ2n) is 4.03. The van der Waals surface area contributed by atoms with E-state index < -0.39 is 5.82 Å². The molecule has 2 aromatic rings. The average molecular weight is 318 g/mol. The van der Waals surface area contributed by atoms with E-state index in [0.29, 0.717) is 10.6 Å². The molecular weight excluding hydrogens is 310 g/mol. The maximum absolute atomic E-state index is 13.3. The zero-order valence-corrected chi connectivity index (χ0v) is 12.1. The van der Waals surface area contributed by atoms with E-state index in [4.69, 9.17) is 34.8 Å². The van der Waals surface area contributed by atoms with Gasteiger partial charge in [-0.05, 0) is 42.8 Å². The number of hydrogen-bond donors (Lipinski definition) is 0. The molecule has 0 spiro atoms. The van der Waals surface area contributed by atoms with E-state index in [1.807, 2.05) is 0 Å². The molecule has 5 heteroatoms. The molecule has 0 unspecified atom stereocenters. The number of carbonyl (C=O) groups excluding carboxylic acids is 1. The first-order chi connectivity index (χ1) is 8.90. The van der Waals surface area contributed by atoms with Gasteiger partial charge in [-0.25, -0.2) is 4.39 Å². The lowest BCUT2D eigenvalue weighted by molar-refractivity contribution is 0.103. The van der Waals surface area contributed by atoms with E-state index in [2.05, 4.69) is 0 Å². The van der Waals surface area contributed by atoms with Crippen LogP contribution in [0.25, 0.3) is 0 Å². The Labute approximate surface area is 124 Å². The van der Waals surface area contributed by atoms with Gasteiger partial charge in [0.25, 0.3) is 0 Å². The molecule has 0 bridgehead atoms. The molecule has 0 aliphatic carbocycles. The standard InChI is InChI=1S/C14H8Cl3FO/c1-7-4-9(12(17)6-13(7)18)14(19)10-5-8(15)2-3-11(10)16/h2-6H,1H3. The Bertz CT molecular complexity index is 668. The number of halogens is 4. The van der Waals surface area contributed by atoms with E-state index in [0.717, 1.165) is 6.07 Å². The molecule has 2 rings (SSSR count). The Morgan fingerprint density at radius 1 is 1.00 bits per heavy atom. The third-order valence-corrected chi connectivity index (χ3v) is 3.54. The lowest BCUT2D eigenvalue weighted by atomic mass is 10.0. The summed E-state index contributed by atoms with van der Waals surface area (Å²) in [6, 6.07) is 7.08. The molecule has 0 atom stereocenters. The molecule has 19 heavy (non-hydrogen) atoms. The minimum absolute atomic E-state index is 0.0455. The molecule has 0 radical (unpaired) electrons. The predicted octanol–water partition coefficient (Wildman–Crippen LogP) is 5.33. The van der Waals surface area contributed by atoms with E-state index in [9.17, 15) is 9.18 Å². The molecule has 0 amide bonds. The summed E-state index contributed by atoms with van der Waals surface area (Å²) >= 11 is 17.7. The van der Waals surface area contributed by atoms with E-state index >= 15 is 0 Å². The Morgan fingerprint density at radius 2 is 1.63 bits per heavy atom. The Balaban J connectivity index is 2.56. The number of ketones is 1. The molecule has 0 aromatic heterocycles. The summed E-state index contributed by atoms with van der Waals surface area (Å²) in [7, 11) is 0. The highest BCUT2D eigenvalue weighted by molar-refractivity contribution is 6.39. The monoisotopic (exact) mass is 316 g/mol. The van der Waals surface area contributed by atoms with Gasteiger partial charge in [0.05, 0.1) is 10.0 Å². The summed E-state index contributed by atoms with van der Waals surface area (Å²) in [4.78, 5) is 12.4. The van der Waals surface area contributed by atoms with Gasteiger partial charge in [-0.2, -0.15) is 0 Å². The summed E-state index contributed by atoms with van der Waals surface area (Å²) < 4.78 is 13.3. The van der Waals surface area contributed by atoms with Crippen LogP contribution in [0.2, 0.25) is 15.1 Å². The number of carbonyl (C=O) groups is 1. The number of hydrogen-bond acceptors (Lipinski definition) is 1. The van der Waals surface area contributed by atoms with Crippen LogP contribution >= 0.6 is 34.8 Å². The van der Waals surface area contributed by atoms with Crippen molar-refractivity contribution in [1.82, 2.24) is 0 Å². The highest BCUT2D eigenvalue weighted by Crippen LogP contribution is 2.27. The van der Waals surface area contributed by atoms with E-state index in [1.165, 1.54) is 18.2 Å². The maximum Gasteiger partial charge on any atom is 0.196 e. The van der Waals surface area contributed by atoms with Gasteiger partial charge in [0.2, 0.25) is 0 Å². The smallest absolute Gasteiger partial charge is 0.196 e. The van der Waals surface area contributed by atoms with Crippen LogP contribution in [-0.2, 0) is 0 Å². The fourth-order valence-corrected chi connectivity index (χ4v) is 2.26. The first kappa shape index (κ1) is 14.3. The molecule has 98 valence electrons. The van der Waals surface area contributed by atoms with Gasteiger partial charge < -0.3 is 0 Å². The molecule has 0 saturated carbocycles. The van der Waals surface area contributed by atoms with Crippen LogP contribution < -0.4 is 0 Å². The molecule has 0 heterocycles. The Hall–Kier alpha value is -1.09. The van der Waals surface area contributed by atoms with Crippen molar-refractivity contribution in [3.8, 4) is 0 Å². The Morgan fingerprint density at radius 3 is 2.32 bits per heavy atom. The SMILES string of the molecule is Cc1cc(C(=O)c2cc(Cl)ccc2Cl)c(Cl)cc1F. The lowest BCUT2D eigenvalue weighted by Crippen LogP contribution is -2.04. The quantitative estimate of drug-likeness (QED) is 0.685. The zero-order chi connectivity index (χ0) is 14.2. The van der Waals surface area contributed by atoms with Crippen molar-refractivity contribution in [3.05, 3.63) is 67.9 Å². The van der Waals surface area contributed by atoms with Crippen molar-refractivity contribution in [2.75, 3.05) is 0 Å². The van der Waals surface area contributed by atoms with Crippen LogP contribution in [-0.4, -0.2) is 5.78 Å². The van der Waals surface area contributed by atoms with E-state index in [-0.39, 0.29) is 27.0 Å². The van der Waals surface area contributed by atoms with Crippen molar-refractivity contribution in [1.29, 1.82) is 0 Å². The second-order valence-corrected chi connectivity index (χ2v) is 5.29. The van der Waals surface area contributed by atoms with Crippen LogP contribution in [0.15, 0.2) is 30.3 Å². The molecule has 0 aliphatic heterocycles. The fourth-order valence-electron chi connectivity index (χ4n) is 1.65. The Kier molecular flexibility index (Phi) is 4.14. The van der Waals surface area contributed by atoms with Crippen LogP contribution in [0, 0.1) is 12.7 Å². The largest absolute Gasteiger partial charge is 0.288 e. The minimum Gasteiger partial charge on any atom is -0.288 e. The van der Waals surface area contributed by atoms with Crippen molar-refractivity contribution in [3.63, 3.8) is 0 Å². The van der Waals surface area contributed by atoms with Gasteiger partial charge in [-0.1, -0.05) is 34.8 Å². The predicted molar refractivity (Wildman–Crippen MR) is 76.0 cm³/mol. The fraction of sp³-hybridized carbons (Fsp3) is 0.0714. The third kappa shape index (κ3) is 2.92. The van der Waals surface area contributed by atoms with Crippen LogP contribution in [0.4, 0.5) is 4.39 Å². The summed E-state index contributed by atoms with van der Waals surface area (Å²) in [5, 5.41) is 0.708. The number of aryl methyl sites for hydroxylation is 1. The summed E-state index contributed by atoms with van der Waals surface area (Å²) in [5.41, 5.74) is 0.776. The number of rotatable bonds is 2. The van der Waals surface area contributed by atoms with E-state index in [1.54, 1.807) is 13.0 Å². The summed E-state index contributed by atoms with van der Waals surface area (Å²) in [5.74, 6) is -0.848. The molecule has 0 aliphatic rings. The summed E-state index contributed by atoms with van der Waals surface area (Å²) in [6.07, 6.45) is 0. The molecule has 0 saturated heterocycles. The van der Waals surface area contributed by atoms with Crippen molar-refractivity contribution < 1.29 is 9.18 Å². The van der Waals surface area contributed by atoms with Crippen molar-refractivity contribution in [2.45, 2.75) is 6.92 Å². The van der Waals surface area contributed by atoms with Gasteiger partial charge >= 0.3 is 0 Å². The zero-order valence-electron chi connectivity index (χ0n) is 9.81. The molecule has 0 fully saturated rings. The normalized spacial score (nSPS) is 10.6. The lowest BCUT2D eigenvalue weighted by Gasteiger charge is -2.08. The minimum atomic E-state index is -0.459. The van der Waals surface area contributed by atoms with Gasteiger partial charge in [0, 0.05) is 16.1 Å². The highest BCUT2D eigenvalue weighted by atomic mass is 35.5. The average Bonchev–Trinajstić information content (AvgIpc) is 2.36. The molecule has 1 nitrogen and oxygen atoms in total. The van der Waals surface area contributed by atoms with Crippen LogP contribution in [0.5, 0.6) is 0 Å². The molecule has 2 aromatic carbocycles. The van der Waals surface area contributed by atoms with Gasteiger partial charge in [0.1, 0.15) is 5.82 Å². The van der Waals surface area contributed by atoms with Gasteiger partial charge in [-0.3, -0.25) is 4.79 Å². The van der Waals surface area contributed by atoms with Crippen molar-refractivity contribution in [2.24, 2.45) is 0 Å². The topological polar surface area (TPSA) is 17.1 Å². The number of benzene rings is 2. The second kappa shape index (κ2) is 5.49.